The van der Waals surface area contributed by atoms with E-state index >= 15 is 0 Å². The molecular formula is C17H14ClNO4. The quantitative estimate of drug-likeness (QED) is 0.936. The Morgan fingerprint density at radius 2 is 2.09 bits per heavy atom. The van der Waals surface area contributed by atoms with Crippen molar-refractivity contribution in [2.75, 3.05) is 4.90 Å². The van der Waals surface area contributed by atoms with Gasteiger partial charge < -0.3 is 14.7 Å². The molecule has 2 aromatic carbocycles. The zero-order chi connectivity index (χ0) is 16.6. The number of amides is 1. The fourth-order valence-corrected chi connectivity index (χ4v) is 2.69. The van der Waals surface area contributed by atoms with Crippen LogP contribution in [0.25, 0.3) is 0 Å². The van der Waals surface area contributed by atoms with E-state index < -0.39 is 12.1 Å². The van der Waals surface area contributed by atoms with Gasteiger partial charge in [0.15, 0.2) is 6.10 Å². The Kier molecular flexibility index (Phi) is 3.96. The smallest absolute Gasteiger partial charge is 0.335 e. The summed E-state index contributed by atoms with van der Waals surface area (Å²) in [5.41, 5.74) is 1.49. The number of fused-ring (bicyclic) bond motifs is 1. The van der Waals surface area contributed by atoms with Gasteiger partial charge in [-0.2, -0.15) is 0 Å². The van der Waals surface area contributed by atoms with E-state index in [9.17, 15) is 9.59 Å². The third kappa shape index (κ3) is 3.00. The van der Waals surface area contributed by atoms with Crippen LogP contribution in [0.15, 0.2) is 42.5 Å². The van der Waals surface area contributed by atoms with Gasteiger partial charge in [-0.15, -0.1) is 0 Å². The van der Waals surface area contributed by atoms with E-state index in [-0.39, 0.29) is 18.0 Å². The number of rotatable bonds is 3. The van der Waals surface area contributed by atoms with Gasteiger partial charge in [-0.25, -0.2) is 4.79 Å². The Balaban J connectivity index is 1.98. The lowest BCUT2D eigenvalue weighted by atomic mass is 10.1. The van der Waals surface area contributed by atoms with Crippen LogP contribution in [-0.4, -0.2) is 23.1 Å². The summed E-state index contributed by atoms with van der Waals surface area (Å²) in [6, 6.07) is 11.6. The Morgan fingerprint density at radius 3 is 2.83 bits per heavy atom. The van der Waals surface area contributed by atoms with Crippen molar-refractivity contribution in [1.82, 2.24) is 0 Å². The number of ether oxygens (including phenoxy) is 1. The Labute approximate surface area is 138 Å². The molecule has 1 aliphatic rings. The standard InChI is InChI=1S/C17H14ClNO4/c1-10-16(20)19(14-8-13(18)5-6-15(14)23-10)9-11-3-2-4-12(7-11)17(21)22/h2-8,10H,9H2,1H3,(H,21,22). The SMILES string of the molecule is CC1Oc2ccc(Cl)cc2N(Cc2cccc(C(=O)O)c2)C1=O. The van der Waals surface area contributed by atoms with Crippen LogP contribution in [0, 0.1) is 0 Å². The predicted molar refractivity (Wildman–Crippen MR) is 86.1 cm³/mol. The van der Waals surface area contributed by atoms with Gasteiger partial charge in [0.25, 0.3) is 5.91 Å². The van der Waals surface area contributed by atoms with Crippen molar-refractivity contribution < 1.29 is 19.4 Å². The summed E-state index contributed by atoms with van der Waals surface area (Å²) < 4.78 is 5.58. The lowest BCUT2D eigenvalue weighted by molar-refractivity contribution is -0.125. The molecule has 1 N–H and O–H groups in total. The molecular weight excluding hydrogens is 318 g/mol. The molecule has 23 heavy (non-hydrogen) atoms. The van der Waals surface area contributed by atoms with Gasteiger partial charge in [-0.05, 0) is 42.8 Å². The second-order valence-corrected chi connectivity index (χ2v) is 5.74. The lowest BCUT2D eigenvalue weighted by Crippen LogP contribution is -2.44. The first kappa shape index (κ1) is 15.4. The number of carbonyl (C=O) groups is 2. The summed E-state index contributed by atoms with van der Waals surface area (Å²) in [5.74, 6) is -0.617. The monoisotopic (exact) mass is 331 g/mol. The average Bonchev–Trinajstić information content (AvgIpc) is 2.53. The van der Waals surface area contributed by atoms with Crippen LogP contribution in [0.4, 0.5) is 5.69 Å². The van der Waals surface area contributed by atoms with Crippen LogP contribution in [-0.2, 0) is 11.3 Å². The van der Waals surface area contributed by atoms with Gasteiger partial charge in [0.2, 0.25) is 0 Å². The second-order valence-electron chi connectivity index (χ2n) is 5.30. The van der Waals surface area contributed by atoms with Crippen molar-refractivity contribution >= 4 is 29.2 Å². The number of hydrogen-bond donors (Lipinski definition) is 1. The van der Waals surface area contributed by atoms with Crippen LogP contribution in [0.5, 0.6) is 5.75 Å². The third-order valence-electron chi connectivity index (χ3n) is 3.64. The Morgan fingerprint density at radius 1 is 1.30 bits per heavy atom. The van der Waals surface area contributed by atoms with Crippen molar-refractivity contribution in [2.45, 2.75) is 19.6 Å². The van der Waals surface area contributed by atoms with Gasteiger partial charge >= 0.3 is 5.97 Å². The Bertz CT molecular complexity index is 790. The highest BCUT2D eigenvalue weighted by molar-refractivity contribution is 6.31. The van der Waals surface area contributed by atoms with Gasteiger partial charge in [-0.3, -0.25) is 4.79 Å². The zero-order valence-corrected chi connectivity index (χ0v) is 13.1. The number of halogens is 1. The molecule has 1 atom stereocenters. The highest BCUT2D eigenvalue weighted by atomic mass is 35.5. The zero-order valence-electron chi connectivity index (χ0n) is 12.3. The largest absolute Gasteiger partial charge is 0.479 e. The van der Waals surface area contributed by atoms with Crippen molar-refractivity contribution in [3.63, 3.8) is 0 Å². The first-order valence-corrected chi connectivity index (χ1v) is 7.43. The molecule has 5 nitrogen and oxygen atoms in total. The van der Waals surface area contributed by atoms with E-state index in [0.29, 0.717) is 16.5 Å². The molecule has 0 saturated heterocycles. The van der Waals surface area contributed by atoms with Crippen LogP contribution < -0.4 is 9.64 Å². The van der Waals surface area contributed by atoms with Crippen LogP contribution in [0.2, 0.25) is 5.02 Å². The van der Waals surface area contributed by atoms with E-state index in [0.717, 1.165) is 5.56 Å². The normalized spacial score (nSPS) is 16.7. The van der Waals surface area contributed by atoms with Gasteiger partial charge in [-0.1, -0.05) is 23.7 Å². The van der Waals surface area contributed by atoms with Crippen molar-refractivity contribution in [1.29, 1.82) is 0 Å². The molecule has 0 aromatic heterocycles. The summed E-state index contributed by atoms with van der Waals surface area (Å²) in [6.07, 6.45) is -0.605. The minimum atomic E-state index is -1.00. The van der Waals surface area contributed by atoms with E-state index in [1.807, 2.05) is 0 Å². The van der Waals surface area contributed by atoms with Gasteiger partial charge in [0, 0.05) is 5.02 Å². The summed E-state index contributed by atoms with van der Waals surface area (Å²) in [7, 11) is 0. The van der Waals surface area contributed by atoms with Crippen LogP contribution >= 0.6 is 11.6 Å². The summed E-state index contributed by atoms with van der Waals surface area (Å²) >= 11 is 6.02. The van der Waals surface area contributed by atoms with E-state index in [1.165, 1.54) is 6.07 Å². The van der Waals surface area contributed by atoms with E-state index in [4.69, 9.17) is 21.4 Å². The van der Waals surface area contributed by atoms with Crippen LogP contribution in [0.1, 0.15) is 22.8 Å². The molecule has 1 heterocycles. The third-order valence-corrected chi connectivity index (χ3v) is 3.88. The number of carboxylic acids is 1. The molecule has 0 fully saturated rings. The minimum Gasteiger partial charge on any atom is -0.479 e. The van der Waals surface area contributed by atoms with Gasteiger partial charge in [0.05, 0.1) is 17.8 Å². The maximum atomic E-state index is 12.5. The molecule has 0 bridgehead atoms. The molecule has 3 rings (SSSR count). The second kappa shape index (κ2) is 5.93. The first-order valence-electron chi connectivity index (χ1n) is 7.05. The molecule has 0 radical (unpaired) electrons. The maximum Gasteiger partial charge on any atom is 0.335 e. The number of carboxylic acid groups (broad SMARTS) is 1. The number of aromatic carboxylic acids is 1. The molecule has 0 aliphatic carbocycles. The fraction of sp³-hybridized carbons (Fsp3) is 0.176. The molecule has 0 spiro atoms. The lowest BCUT2D eigenvalue weighted by Gasteiger charge is -2.33. The number of anilines is 1. The number of nitrogens with zero attached hydrogens (tertiary/aromatic N) is 1. The maximum absolute atomic E-state index is 12.5. The molecule has 2 aromatic rings. The summed E-state index contributed by atoms with van der Waals surface area (Å²) in [5, 5.41) is 9.58. The number of benzene rings is 2. The van der Waals surface area contributed by atoms with Crippen molar-refractivity contribution in [3.8, 4) is 5.75 Å². The first-order chi connectivity index (χ1) is 11.0. The summed E-state index contributed by atoms with van der Waals surface area (Å²) in [4.78, 5) is 25.1. The van der Waals surface area contributed by atoms with Gasteiger partial charge in [0.1, 0.15) is 5.75 Å². The minimum absolute atomic E-state index is 0.183. The highest BCUT2D eigenvalue weighted by Gasteiger charge is 2.31. The highest BCUT2D eigenvalue weighted by Crippen LogP contribution is 2.37. The molecule has 1 amide bonds. The summed E-state index contributed by atoms with van der Waals surface area (Å²) in [6.45, 7) is 1.93. The molecule has 1 aliphatic heterocycles. The van der Waals surface area contributed by atoms with Crippen LogP contribution in [0.3, 0.4) is 0 Å². The number of hydrogen-bond acceptors (Lipinski definition) is 3. The average molecular weight is 332 g/mol. The Hall–Kier alpha value is -2.53. The van der Waals surface area contributed by atoms with Crippen molar-refractivity contribution in [2.24, 2.45) is 0 Å². The molecule has 1 unspecified atom stereocenters. The number of carbonyl (C=O) groups excluding carboxylic acids is 1. The molecule has 118 valence electrons. The molecule has 6 heteroatoms. The topological polar surface area (TPSA) is 66.8 Å². The van der Waals surface area contributed by atoms with Crippen molar-refractivity contribution in [3.05, 3.63) is 58.6 Å². The molecule has 0 saturated carbocycles. The van der Waals surface area contributed by atoms with E-state index in [2.05, 4.69) is 0 Å². The fourth-order valence-electron chi connectivity index (χ4n) is 2.53. The van der Waals surface area contributed by atoms with E-state index in [1.54, 1.807) is 48.2 Å². The predicted octanol–water partition coefficient (Wildman–Crippen LogP) is 3.35.